The van der Waals surface area contributed by atoms with Crippen LogP contribution in [0, 0.1) is 29.4 Å². The van der Waals surface area contributed by atoms with E-state index in [1.165, 1.54) is 19.3 Å². The molecule has 0 bridgehead atoms. The minimum atomic E-state index is -0.778. The van der Waals surface area contributed by atoms with Crippen molar-refractivity contribution < 1.29 is 8.78 Å². The molecule has 1 aromatic carbocycles. The van der Waals surface area contributed by atoms with Crippen molar-refractivity contribution in [1.82, 2.24) is 5.43 Å². The van der Waals surface area contributed by atoms with E-state index in [1.54, 1.807) is 12.1 Å². The molecule has 3 unspecified atom stereocenters. The van der Waals surface area contributed by atoms with Gasteiger partial charge in [-0.2, -0.15) is 0 Å². The summed E-state index contributed by atoms with van der Waals surface area (Å²) in [5, 5.41) is 0. The highest BCUT2D eigenvalue weighted by atomic mass is 19.2. The van der Waals surface area contributed by atoms with Crippen molar-refractivity contribution in [2.24, 2.45) is 23.6 Å². The van der Waals surface area contributed by atoms with E-state index in [9.17, 15) is 8.78 Å². The summed E-state index contributed by atoms with van der Waals surface area (Å²) < 4.78 is 26.8. The highest BCUT2D eigenvalue weighted by Crippen LogP contribution is 2.59. The van der Waals surface area contributed by atoms with Crippen LogP contribution in [0.1, 0.15) is 24.8 Å². The van der Waals surface area contributed by atoms with Crippen molar-refractivity contribution in [1.29, 1.82) is 0 Å². The molecule has 98 valence electrons. The summed E-state index contributed by atoms with van der Waals surface area (Å²) >= 11 is 0. The summed E-state index contributed by atoms with van der Waals surface area (Å²) in [7, 11) is 0. The van der Waals surface area contributed by atoms with Gasteiger partial charge in [0.25, 0.3) is 0 Å². The van der Waals surface area contributed by atoms with Crippen LogP contribution < -0.4 is 11.3 Å². The normalized spacial score (nSPS) is 31.2. The van der Waals surface area contributed by atoms with Gasteiger partial charge in [0.05, 0.1) is 0 Å². The SMILES string of the molecule is NNC(Cc1cccc(F)c1F)C1C2CCCC21. The Hall–Kier alpha value is -1.00. The molecule has 0 aromatic heterocycles. The van der Waals surface area contributed by atoms with Crippen LogP contribution in [0.25, 0.3) is 0 Å². The number of halogens is 2. The Morgan fingerprint density at radius 1 is 1.28 bits per heavy atom. The highest BCUT2D eigenvalue weighted by Gasteiger charge is 2.55. The van der Waals surface area contributed by atoms with Crippen LogP contribution in [-0.2, 0) is 6.42 Å². The molecule has 2 aliphatic carbocycles. The second kappa shape index (κ2) is 4.59. The van der Waals surface area contributed by atoms with Crippen LogP contribution in [0.3, 0.4) is 0 Å². The molecule has 3 rings (SSSR count). The summed E-state index contributed by atoms with van der Waals surface area (Å²) in [4.78, 5) is 0. The third kappa shape index (κ3) is 1.93. The summed E-state index contributed by atoms with van der Waals surface area (Å²) in [5.74, 6) is 6.13. The topological polar surface area (TPSA) is 38.0 Å². The lowest BCUT2D eigenvalue weighted by Gasteiger charge is -2.18. The predicted octanol–water partition coefficient (Wildman–Crippen LogP) is 2.39. The lowest BCUT2D eigenvalue weighted by molar-refractivity contribution is 0.401. The number of rotatable bonds is 4. The number of nitrogens with one attached hydrogen (secondary N) is 1. The zero-order valence-corrected chi connectivity index (χ0v) is 10.2. The minimum Gasteiger partial charge on any atom is -0.271 e. The van der Waals surface area contributed by atoms with Gasteiger partial charge in [0.1, 0.15) is 0 Å². The molecule has 3 atom stereocenters. The first-order valence-corrected chi connectivity index (χ1v) is 6.61. The lowest BCUT2D eigenvalue weighted by atomic mass is 9.97. The van der Waals surface area contributed by atoms with Gasteiger partial charge in [0, 0.05) is 6.04 Å². The van der Waals surface area contributed by atoms with E-state index in [-0.39, 0.29) is 6.04 Å². The second-order valence-electron chi connectivity index (χ2n) is 5.53. The van der Waals surface area contributed by atoms with Gasteiger partial charge in [-0.1, -0.05) is 18.6 Å². The molecule has 0 heterocycles. The summed E-state index contributed by atoms with van der Waals surface area (Å²) in [6, 6.07) is 4.41. The second-order valence-corrected chi connectivity index (χ2v) is 5.53. The maximum absolute atomic E-state index is 13.6. The fraction of sp³-hybridized carbons (Fsp3) is 0.571. The van der Waals surface area contributed by atoms with Gasteiger partial charge in [0.2, 0.25) is 0 Å². The molecule has 1 aromatic rings. The summed E-state index contributed by atoms with van der Waals surface area (Å²) in [6.07, 6.45) is 4.30. The third-order valence-electron chi connectivity index (χ3n) is 4.62. The number of benzene rings is 1. The third-order valence-corrected chi connectivity index (χ3v) is 4.62. The average Bonchev–Trinajstić information content (AvgIpc) is 2.84. The Labute approximate surface area is 106 Å². The molecule has 2 aliphatic rings. The highest BCUT2D eigenvalue weighted by molar-refractivity contribution is 5.21. The van der Waals surface area contributed by atoms with Crippen LogP contribution in [0.2, 0.25) is 0 Å². The zero-order valence-electron chi connectivity index (χ0n) is 10.2. The Balaban J connectivity index is 1.72. The first-order valence-electron chi connectivity index (χ1n) is 6.61. The number of hydrogen-bond acceptors (Lipinski definition) is 2. The van der Waals surface area contributed by atoms with E-state index >= 15 is 0 Å². The van der Waals surface area contributed by atoms with Gasteiger partial charge in [-0.3, -0.25) is 11.3 Å². The van der Waals surface area contributed by atoms with Gasteiger partial charge in [-0.05, 0) is 48.6 Å². The average molecular weight is 252 g/mol. The predicted molar refractivity (Wildman–Crippen MR) is 65.5 cm³/mol. The number of hydrazine groups is 1. The zero-order chi connectivity index (χ0) is 12.7. The standard InChI is InChI=1S/C14H18F2N2/c15-11-6-1-3-8(14(11)16)7-12(18-17)13-9-4-2-5-10(9)13/h1,3,6,9-10,12-13,18H,2,4-5,7,17H2. The summed E-state index contributed by atoms with van der Waals surface area (Å²) in [6.45, 7) is 0. The molecule has 3 N–H and O–H groups in total. The van der Waals surface area contributed by atoms with E-state index in [0.29, 0.717) is 17.9 Å². The minimum absolute atomic E-state index is 0.0663. The molecule has 18 heavy (non-hydrogen) atoms. The van der Waals surface area contributed by atoms with E-state index < -0.39 is 11.6 Å². The van der Waals surface area contributed by atoms with Gasteiger partial charge < -0.3 is 0 Å². The van der Waals surface area contributed by atoms with Crippen LogP contribution >= 0.6 is 0 Å². The molecule has 2 nitrogen and oxygen atoms in total. The molecular weight excluding hydrogens is 234 g/mol. The van der Waals surface area contributed by atoms with Crippen LogP contribution in [0.15, 0.2) is 18.2 Å². The Kier molecular flexibility index (Phi) is 3.08. The first kappa shape index (κ1) is 12.1. The van der Waals surface area contributed by atoms with Crippen molar-refractivity contribution in [3.05, 3.63) is 35.4 Å². The molecule has 4 heteroatoms. The van der Waals surface area contributed by atoms with Gasteiger partial charge >= 0.3 is 0 Å². The van der Waals surface area contributed by atoms with Crippen molar-refractivity contribution in [3.8, 4) is 0 Å². The Bertz CT molecular complexity index is 439. The lowest BCUT2D eigenvalue weighted by Crippen LogP contribution is -2.40. The fourth-order valence-electron chi connectivity index (χ4n) is 3.72. The van der Waals surface area contributed by atoms with Crippen molar-refractivity contribution in [2.75, 3.05) is 0 Å². The number of nitrogens with two attached hydrogens (primary N) is 1. The molecule has 0 amide bonds. The monoisotopic (exact) mass is 252 g/mol. The van der Waals surface area contributed by atoms with E-state index in [1.807, 2.05) is 0 Å². The number of hydrogen-bond donors (Lipinski definition) is 2. The smallest absolute Gasteiger partial charge is 0.162 e. The Morgan fingerprint density at radius 3 is 2.67 bits per heavy atom. The number of fused-ring (bicyclic) bond motifs is 1. The van der Waals surface area contributed by atoms with E-state index in [4.69, 9.17) is 5.84 Å². The molecule has 0 radical (unpaired) electrons. The van der Waals surface area contributed by atoms with Gasteiger partial charge in [-0.25, -0.2) is 8.78 Å². The maximum Gasteiger partial charge on any atom is 0.162 e. The van der Waals surface area contributed by atoms with Gasteiger partial charge in [0.15, 0.2) is 11.6 Å². The molecule has 2 saturated carbocycles. The molecule has 0 spiro atoms. The maximum atomic E-state index is 13.6. The Morgan fingerprint density at radius 2 is 2.00 bits per heavy atom. The molecule has 0 aliphatic heterocycles. The quantitative estimate of drug-likeness (QED) is 0.638. The van der Waals surface area contributed by atoms with E-state index in [0.717, 1.165) is 17.9 Å². The van der Waals surface area contributed by atoms with Crippen molar-refractivity contribution in [3.63, 3.8) is 0 Å². The molecule has 2 fully saturated rings. The fourth-order valence-corrected chi connectivity index (χ4v) is 3.72. The van der Waals surface area contributed by atoms with Crippen LogP contribution in [-0.4, -0.2) is 6.04 Å². The van der Waals surface area contributed by atoms with Gasteiger partial charge in [-0.15, -0.1) is 0 Å². The van der Waals surface area contributed by atoms with Crippen LogP contribution in [0.4, 0.5) is 8.78 Å². The first-order chi connectivity index (χ1) is 8.72. The summed E-state index contributed by atoms with van der Waals surface area (Å²) in [5.41, 5.74) is 3.22. The molecular formula is C14H18F2N2. The van der Waals surface area contributed by atoms with Crippen molar-refractivity contribution >= 4 is 0 Å². The van der Waals surface area contributed by atoms with E-state index in [2.05, 4.69) is 5.43 Å². The largest absolute Gasteiger partial charge is 0.271 e. The van der Waals surface area contributed by atoms with Crippen molar-refractivity contribution in [2.45, 2.75) is 31.7 Å². The van der Waals surface area contributed by atoms with Crippen LogP contribution in [0.5, 0.6) is 0 Å². The molecule has 0 saturated heterocycles.